The number of ketones is 2. The standard InChI is InChI=1S/C24H30O6/c1-22(2)17-10-11-23(22,3)21(27)16(17)12-14-6-8-15(9-7-14)19(26)20-18(25)13-29-24(4,28-5)30-20/h6-9,12,17,19-20,26H,10-11,13H2,1-5H3/b16-12+. The monoisotopic (exact) mass is 414 g/mol. The van der Waals surface area contributed by atoms with E-state index in [1.807, 2.05) is 18.2 Å². The molecular weight excluding hydrogens is 384 g/mol. The molecule has 1 aromatic rings. The average Bonchev–Trinajstić information content (AvgIpc) is 3.04. The fourth-order valence-electron chi connectivity index (χ4n) is 5.20. The predicted octanol–water partition coefficient (Wildman–Crippen LogP) is 3.43. The van der Waals surface area contributed by atoms with E-state index in [9.17, 15) is 14.7 Å². The molecule has 5 atom stereocenters. The zero-order valence-corrected chi connectivity index (χ0v) is 18.2. The maximum absolute atomic E-state index is 13.0. The first-order valence-electron chi connectivity index (χ1n) is 10.5. The number of fused-ring (bicyclic) bond motifs is 2. The topological polar surface area (TPSA) is 82.1 Å². The molecule has 1 aliphatic heterocycles. The lowest BCUT2D eigenvalue weighted by molar-refractivity contribution is -0.388. The molecule has 6 nitrogen and oxygen atoms in total. The molecule has 2 bridgehead atoms. The summed E-state index contributed by atoms with van der Waals surface area (Å²) in [5.41, 5.74) is 2.06. The van der Waals surface area contributed by atoms with Gasteiger partial charge in [0.25, 0.3) is 5.97 Å². The van der Waals surface area contributed by atoms with Gasteiger partial charge in [-0.05, 0) is 47.0 Å². The lowest BCUT2D eigenvalue weighted by Crippen LogP contribution is -2.51. The third-order valence-corrected chi connectivity index (χ3v) is 7.76. The van der Waals surface area contributed by atoms with Gasteiger partial charge in [-0.25, -0.2) is 0 Å². The van der Waals surface area contributed by atoms with Crippen LogP contribution in [0.3, 0.4) is 0 Å². The van der Waals surface area contributed by atoms with Gasteiger partial charge in [-0.2, -0.15) is 0 Å². The number of hydrogen-bond donors (Lipinski definition) is 1. The van der Waals surface area contributed by atoms with Gasteiger partial charge >= 0.3 is 0 Å². The maximum Gasteiger partial charge on any atom is 0.280 e. The molecule has 0 radical (unpaired) electrons. The van der Waals surface area contributed by atoms with Crippen LogP contribution in [0.25, 0.3) is 6.08 Å². The fraction of sp³-hybridized carbons (Fsp3) is 0.583. The lowest BCUT2D eigenvalue weighted by atomic mass is 9.70. The Labute approximate surface area is 177 Å². The molecule has 0 aromatic heterocycles. The van der Waals surface area contributed by atoms with Crippen molar-refractivity contribution in [3.63, 3.8) is 0 Å². The first-order valence-corrected chi connectivity index (χ1v) is 10.5. The van der Waals surface area contributed by atoms with Crippen LogP contribution in [0.2, 0.25) is 0 Å². The van der Waals surface area contributed by atoms with Crippen LogP contribution in [0.4, 0.5) is 0 Å². The third-order valence-electron chi connectivity index (χ3n) is 7.76. The summed E-state index contributed by atoms with van der Waals surface area (Å²) in [7, 11) is 1.42. The molecule has 162 valence electrons. The van der Waals surface area contributed by atoms with E-state index in [1.54, 1.807) is 19.1 Å². The quantitative estimate of drug-likeness (QED) is 0.760. The Kier molecular flexibility index (Phi) is 5.05. The second-order valence-electron chi connectivity index (χ2n) is 9.55. The van der Waals surface area contributed by atoms with Crippen molar-refractivity contribution < 1.29 is 28.9 Å². The van der Waals surface area contributed by atoms with E-state index in [0.29, 0.717) is 5.56 Å². The smallest absolute Gasteiger partial charge is 0.280 e. The van der Waals surface area contributed by atoms with E-state index in [1.165, 1.54) is 7.11 Å². The summed E-state index contributed by atoms with van der Waals surface area (Å²) in [6.07, 6.45) is 1.76. The van der Waals surface area contributed by atoms with Crippen molar-refractivity contribution >= 4 is 17.6 Å². The third kappa shape index (κ3) is 3.09. The molecule has 1 heterocycles. The SMILES string of the molecule is COC1(C)OCC(=O)C(C(O)c2ccc(/C=C3/C(=O)C4(C)CCC3C4(C)C)cc2)O1. The molecule has 3 aliphatic rings. The highest BCUT2D eigenvalue weighted by molar-refractivity contribution is 6.07. The number of Topliss-reactive ketones (excluding diaryl/α,β-unsaturated/α-hetero) is 2. The van der Waals surface area contributed by atoms with Crippen LogP contribution in [-0.4, -0.2) is 42.5 Å². The summed E-state index contributed by atoms with van der Waals surface area (Å²) in [5.74, 6) is -1.17. The molecule has 30 heavy (non-hydrogen) atoms. The van der Waals surface area contributed by atoms with Crippen molar-refractivity contribution in [3.8, 4) is 0 Å². The number of methoxy groups -OCH3 is 1. The Morgan fingerprint density at radius 1 is 1.17 bits per heavy atom. The van der Waals surface area contributed by atoms with Crippen LogP contribution in [0.5, 0.6) is 0 Å². The summed E-state index contributed by atoms with van der Waals surface area (Å²) >= 11 is 0. The highest BCUT2D eigenvalue weighted by atomic mass is 16.9. The summed E-state index contributed by atoms with van der Waals surface area (Å²) in [4.78, 5) is 25.2. The Balaban J connectivity index is 1.55. The van der Waals surface area contributed by atoms with E-state index in [2.05, 4.69) is 20.8 Å². The molecule has 0 spiro atoms. The van der Waals surface area contributed by atoms with Gasteiger partial charge in [-0.1, -0.05) is 45.0 Å². The number of aliphatic hydroxyl groups excluding tert-OH is 1. The fourth-order valence-corrected chi connectivity index (χ4v) is 5.20. The second kappa shape index (κ2) is 7.09. The minimum atomic E-state index is -1.37. The molecular formula is C24H30O6. The van der Waals surface area contributed by atoms with E-state index < -0.39 is 18.2 Å². The van der Waals surface area contributed by atoms with Crippen molar-refractivity contribution in [3.05, 3.63) is 41.0 Å². The van der Waals surface area contributed by atoms with Gasteiger partial charge in [0.05, 0.1) is 0 Å². The maximum atomic E-state index is 13.0. The first kappa shape index (κ1) is 21.4. The Hall–Kier alpha value is -1.86. The van der Waals surface area contributed by atoms with Crippen LogP contribution in [-0.2, 0) is 23.8 Å². The minimum Gasteiger partial charge on any atom is -0.385 e. The van der Waals surface area contributed by atoms with Gasteiger partial charge in [0, 0.05) is 19.4 Å². The van der Waals surface area contributed by atoms with E-state index >= 15 is 0 Å². The van der Waals surface area contributed by atoms with Gasteiger partial charge in [-0.15, -0.1) is 0 Å². The predicted molar refractivity (Wildman–Crippen MR) is 110 cm³/mol. The second-order valence-corrected chi connectivity index (χ2v) is 9.55. The summed E-state index contributed by atoms with van der Waals surface area (Å²) < 4.78 is 16.0. The highest BCUT2D eigenvalue weighted by Gasteiger charge is 2.63. The lowest BCUT2D eigenvalue weighted by Gasteiger charge is -2.37. The molecule has 6 heteroatoms. The van der Waals surface area contributed by atoms with Crippen molar-refractivity contribution in [2.75, 3.05) is 13.7 Å². The van der Waals surface area contributed by atoms with Gasteiger partial charge in [0.15, 0.2) is 17.7 Å². The number of hydrogen-bond acceptors (Lipinski definition) is 6. The largest absolute Gasteiger partial charge is 0.385 e. The molecule has 3 fully saturated rings. The van der Waals surface area contributed by atoms with Gasteiger partial charge in [-0.3, -0.25) is 9.59 Å². The number of ether oxygens (including phenoxy) is 3. The number of rotatable bonds is 4. The molecule has 0 amide bonds. The van der Waals surface area contributed by atoms with Crippen LogP contribution in [0.15, 0.2) is 29.8 Å². The Bertz CT molecular complexity index is 901. The molecule has 5 unspecified atom stereocenters. The number of carbonyl (C=O) groups excluding carboxylic acids is 2. The average molecular weight is 414 g/mol. The number of carbonyl (C=O) groups is 2. The summed E-state index contributed by atoms with van der Waals surface area (Å²) in [6, 6.07) is 7.24. The van der Waals surface area contributed by atoms with Crippen LogP contribution < -0.4 is 0 Å². The first-order chi connectivity index (χ1) is 14.0. The van der Waals surface area contributed by atoms with Crippen LogP contribution in [0.1, 0.15) is 57.8 Å². The number of allylic oxidation sites excluding steroid dienone is 1. The van der Waals surface area contributed by atoms with Crippen molar-refractivity contribution in [2.45, 2.75) is 58.7 Å². The zero-order valence-electron chi connectivity index (χ0n) is 18.2. The molecule has 1 saturated heterocycles. The molecule has 1 aromatic carbocycles. The number of aliphatic hydroxyl groups is 1. The summed E-state index contributed by atoms with van der Waals surface area (Å²) in [6.45, 7) is 7.86. The summed E-state index contributed by atoms with van der Waals surface area (Å²) in [5, 5.41) is 10.7. The Morgan fingerprint density at radius 2 is 1.83 bits per heavy atom. The van der Waals surface area contributed by atoms with Crippen molar-refractivity contribution in [1.82, 2.24) is 0 Å². The molecule has 2 aliphatic carbocycles. The van der Waals surface area contributed by atoms with Crippen LogP contribution >= 0.6 is 0 Å². The van der Waals surface area contributed by atoms with E-state index in [4.69, 9.17) is 14.2 Å². The van der Waals surface area contributed by atoms with Gasteiger partial charge in [0.2, 0.25) is 0 Å². The number of benzene rings is 1. The van der Waals surface area contributed by atoms with Crippen molar-refractivity contribution in [2.24, 2.45) is 16.7 Å². The van der Waals surface area contributed by atoms with Crippen LogP contribution in [0, 0.1) is 16.7 Å². The van der Waals surface area contributed by atoms with E-state index in [-0.39, 0.29) is 34.9 Å². The van der Waals surface area contributed by atoms with Crippen molar-refractivity contribution in [1.29, 1.82) is 0 Å². The van der Waals surface area contributed by atoms with E-state index in [0.717, 1.165) is 24.0 Å². The normalized spacial score (nSPS) is 37.7. The molecule has 1 N–H and O–H groups in total. The Morgan fingerprint density at radius 3 is 2.40 bits per heavy atom. The minimum absolute atomic E-state index is 0.0270. The zero-order chi connectivity index (χ0) is 21.9. The van der Waals surface area contributed by atoms with Gasteiger partial charge < -0.3 is 19.3 Å². The highest BCUT2D eigenvalue weighted by Crippen LogP contribution is 2.65. The van der Waals surface area contributed by atoms with Gasteiger partial charge in [0.1, 0.15) is 12.7 Å². The molecule has 2 saturated carbocycles. The molecule has 4 rings (SSSR count).